The SMILES string of the molecule is COc1cc(S(=O)(=O)NC(C)C(C)C)ccc1NC(C)=O. The highest BCUT2D eigenvalue weighted by atomic mass is 32.2. The minimum Gasteiger partial charge on any atom is -0.495 e. The molecule has 0 heterocycles. The zero-order chi connectivity index (χ0) is 16.2. The van der Waals surface area contributed by atoms with Crippen LogP contribution in [0.3, 0.4) is 0 Å². The van der Waals surface area contributed by atoms with Crippen molar-refractivity contribution >= 4 is 21.6 Å². The van der Waals surface area contributed by atoms with Gasteiger partial charge in [0.2, 0.25) is 15.9 Å². The van der Waals surface area contributed by atoms with Crippen LogP contribution >= 0.6 is 0 Å². The van der Waals surface area contributed by atoms with Crippen LogP contribution < -0.4 is 14.8 Å². The molecule has 0 aliphatic carbocycles. The second kappa shape index (κ2) is 6.91. The van der Waals surface area contributed by atoms with E-state index in [-0.39, 0.29) is 22.8 Å². The lowest BCUT2D eigenvalue weighted by molar-refractivity contribution is -0.114. The number of sulfonamides is 1. The van der Waals surface area contributed by atoms with Crippen LogP contribution in [0.2, 0.25) is 0 Å². The molecule has 2 N–H and O–H groups in total. The molecule has 1 atom stereocenters. The molecule has 1 aromatic carbocycles. The number of benzene rings is 1. The van der Waals surface area contributed by atoms with Crippen molar-refractivity contribution in [1.29, 1.82) is 0 Å². The lowest BCUT2D eigenvalue weighted by atomic mass is 10.1. The third kappa shape index (κ3) is 4.71. The Hall–Kier alpha value is -1.60. The molecule has 0 aliphatic rings. The van der Waals surface area contributed by atoms with Crippen molar-refractivity contribution in [2.24, 2.45) is 5.92 Å². The van der Waals surface area contributed by atoms with E-state index in [1.807, 2.05) is 20.8 Å². The van der Waals surface area contributed by atoms with Crippen molar-refractivity contribution in [3.05, 3.63) is 18.2 Å². The van der Waals surface area contributed by atoms with Crippen LogP contribution in [-0.2, 0) is 14.8 Å². The summed E-state index contributed by atoms with van der Waals surface area (Å²) in [5.74, 6) is 0.223. The Morgan fingerprint density at radius 2 is 1.86 bits per heavy atom. The van der Waals surface area contributed by atoms with E-state index in [0.29, 0.717) is 11.4 Å². The first-order valence-electron chi connectivity index (χ1n) is 6.65. The Bertz CT molecular complexity index is 611. The summed E-state index contributed by atoms with van der Waals surface area (Å²) >= 11 is 0. The molecule has 0 spiro atoms. The number of carbonyl (C=O) groups is 1. The van der Waals surface area contributed by atoms with E-state index < -0.39 is 10.0 Å². The number of anilines is 1. The van der Waals surface area contributed by atoms with E-state index >= 15 is 0 Å². The maximum Gasteiger partial charge on any atom is 0.240 e. The molecule has 1 aromatic rings. The molecule has 118 valence electrons. The number of rotatable bonds is 6. The van der Waals surface area contributed by atoms with Crippen LogP contribution in [-0.4, -0.2) is 27.5 Å². The van der Waals surface area contributed by atoms with Crippen molar-refractivity contribution in [2.75, 3.05) is 12.4 Å². The average molecular weight is 314 g/mol. The summed E-state index contributed by atoms with van der Waals surface area (Å²) in [6, 6.07) is 4.15. The van der Waals surface area contributed by atoms with Crippen molar-refractivity contribution < 1.29 is 17.9 Å². The molecule has 1 rings (SSSR count). The molecule has 0 saturated carbocycles. The van der Waals surface area contributed by atoms with Gasteiger partial charge in [0.1, 0.15) is 5.75 Å². The molecule has 1 amide bonds. The molecule has 0 bridgehead atoms. The number of nitrogens with one attached hydrogen (secondary N) is 2. The minimum absolute atomic E-state index is 0.0981. The third-order valence-electron chi connectivity index (χ3n) is 3.14. The maximum atomic E-state index is 12.3. The fourth-order valence-electron chi connectivity index (χ4n) is 1.58. The summed E-state index contributed by atoms with van der Waals surface area (Å²) in [5, 5.41) is 2.58. The van der Waals surface area contributed by atoms with Crippen LogP contribution in [0.25, 0.3) is 0 Å². The van der Waals surface area contributed by atoms with Gasteiger partial charge >= 0.3 is 0 Å². The highest BCUT2D eigenvalue weighted by Crippen LogP contribution is 2.27. The van der Waals surface area contributed by atoms with Gasteiger partial charge in [-0.15, -0.1) is 0 Å². The Kier molecular flexibility index (Phi) is 5.74. The highest BCUT2D eigenvalue weighted by Gasteiger charge is 2.20. The Labute approximate surface area is 125 Å². The fraction of sp³-hybridized carbons (Fsp3) is 0.500. The standard InChI is InChI=1S/C14H22N2O4S/c1-9(2)10(3)16-21(18,19)12-6-7-13(15-11(4)17)14(8-12)20-5/h6-10,16H,1-5H3,(H,15,17). The molecular formula is C14H22N2O4S. The van der Waals surface area contributed by atoms with Gasteiger partial charge in [0, 0.05) is 19.0 Å². The van der Waals surface area contributed by atoms with Crippen LogP contribution in [0.15, 0.2) is 23.1 Å². The third-order valence-corrected chi connectivity index (χ3v) is 4.69. The van der Waals surface area contributed by atoms with Gasteiger partial charge in [0.25, 0.3) is 0 Å². The Morgan fingerprint density at radius 1 is 1.24 bits per heavy atom. The van der Waals surface area contributed by atoms with E-state index in [9.17, 15) is 13.2 Å². The summed E-state index contributed by atoms with van der Waals surface area (Å²) in [4.78, 5) is 11.2. The van der Waals surface area contributed by atoms with E-state index in [1.165, 1.54) is 32.2 Å². The molecule has 0 fully saturated rings. The molecule has 0 aliphatic heterocycles. The summed E-state index contributed by atoms with van der Waals surface area (Å²) in [6.07, 6.45) is 0. The normalized spacial score (nSPS) is 13.0. The zero-order valence-corrected chi connectivity index (χ0v) is 13.7. The van der Waals surface area contributed by atoms with Crippen LogP contribution in [0.4, 0.5) is 5.69 Å². The number of amides is 1. The van der Waals surface area contributed by atoms with Gasteiger partial charge in [-0.3, -0.25) is 4.79 Å². The van der Waals surface area contributed by atoms with Gasteiger partial charge < -0.3 is 10.1 Å². The summed E-state index contributed by atoms with van der Waals surface area (Å²) in [5.41, 5.74) is 0.431. The molecule has 7 heteroatoms. The van der Waals surface area contributed by atoms with Crippen LogP contribution in [0.5, 0.6) is 5.75 Å². The summed E-state index contributed by atoms with van der Waals surface area (Å²) in [6.45, 7) is 7.06. The fourth-order valence-corrected chi connectivity index (χ4v) is 2.99. The van der Waals surface area contributed by atoms with Crippen molar-refractivity contribution in [3.8, 4) is 5.75 Å². The smallest absolute Gasteiger partial charge is 0.240 e. The Morgan fingerprint density at radius 3 is 2.33 bits per heavy atom. The van der Waals surface area contributed by atoms with Gasteiger partial charge in [-0.2, -0.15) is 0 Å². The first-order chi connectivity index (χ1) is 9.67. The van der Waals surface area contributed by atoms with Crippen LogP contribution in [0, 0.1) is 5.92 Å². The van der Waals surface area contributed by atoms with Gasteiger partial charge in [0.15, 0.2) is 0 Å². The minimum atomic E-state index is -3.63. The number of methoxy groups -OCH3 is 1. The summed E-state index contributed by atoms with van der Waals surface area (Å²) in [7, 11) is -2.21. The number of carbonyl (C=O) groups excluding carboxylic acids is 1. The lowest BCUT2D eigenvalue weighted by Gasteiger charge is -2.18. The molecule has 21 heavy (non-hydrogen) atoms. The largest absolute Gasteiger partial charge is 0.495 e. The first kappa shape index (κ1) is 17.5. The zero-order valence-electron chi connectivity index (χ0n) is 12.9. The lowest BCUT2D eigenvalue weighted by Crippen LogP contribution is -2.36. The quantitative estimate of drug-likeness (QED) is 0.841. The first-order valence-corrected chi connectivity index (χ1v) is 8.13. The van der Waals surface area contributed by atoms with E-state index in [0.717, 1.165) is 0 Å². The molecule has 0 radical (unpaired) electrons. The molecule has 0 aromatic heterocycles. The van der Waals surface area contributed by atoms with E-state index in [1.54, 1.807) is 0 Å². The average Bonchev–Trinajstić information content (AvgIpc) is 2.37. The number of hydrogen-bond donors (Lipinski definition) is 2. The highest BCUT2D eigenvalue weighted by molar-refractivity contribution is 7.89. The molecule has 1 unspecified atom stereocenters. The second-order valence-electron chi connectivity index (χ2n) is 5.20. The van der Waals surface area contributed by atoms with Gasteiger partial charge in [-0.05, 0) is 25.0 Å². The van der Waals surface area contributed by atoms with Gasteiger partial charge in [0.05, 0.1) is 17.7 Å². The van der Waals surface area contributed by atoms with Crippen LogP contribution in [0.1, 0.15) is 27.7 Å². The monoisotopic (exact) mass is 314 g/mol. The second-order valence-corrected chi connectivity index (χ2v) is 6.91. The van der Waals surface area contributed by atoms with E-state index in [2.05, 4.69) is 10.0 Å². The van der Waals surface area contributed by atoms with Crippen molar-refractivity contribution in [2.45, 2.75) is 38.6 Å². The summed E-state index contributed by atoms with van der Waals surface area (Å²) < 4.78 is 32.3. The van der Waals surface area contributed by atoms with Gasteiger partial charge in [-0.1, -0.05) is 13.8 Å². The number of ether oxygens (including phenoxy) is 1. The molecule has 0 saturated heterocycles. The van der Waals surface area contributed by atoms with Crippen molar-refractivity contribution in [3.63, 3.8) is 0 Å². The number of hydrogen-bond acceptors (Lipinski definition) is 4. The Balaban J connectivity index is 3.11. The maximum absolute atomic E-state index is 12.3. The van der Waals surface area contributed by atoms with E-state index in [4.69, 9.17) is 4.74 Å². The predicted molar refractivity (Wildman–Crippen MR) is 81.9 cm³/mol. The predicted octanol–water partition coefficient (Wildman–Crippen LogP) is 1.98. The molecule has 6 nitrogen and oxygen atoms in total. The molecular weight excluding hydrogens is 292 g/mol. The van der Waals surface area contributed by atoms with Crippen molar-refractivity contribution in [1.82, 2.24) is 4.72 Å². The topological polar surface area (TPSA) is 84.5 Å². The van der Waals surface area contributed by atoms with Gasteiger partial charge in [-0.25, -0.2) is 13.1 Å².